The molecular weight excluding hydrogens is 236 g/mol. The highest BCUT2D eigenvalue weighted by Gasteiger charge is 2.24. The van der Waals surface area contributed by atoms with E-state index in [1.807, 2.05) is 11.5 Å². The lowest BCUT2D eigenvalue weighted by atomic mass is 10.4. The maximum Gasteiger partial charge on any atom is 0.280 e. The van der Waals surface area contributed by atoms with Gasteiger partial charge < -0.3 is 4.57 Å². The lowest BCUT2D eigenvalue weighted by Crippen LogP contribution is -2.02. The molecule has 1 saturated carbocycles. The van der Waals surface area contributed by atoms with E-state index in [-0.39, 0.29) is 5.03 Å². The molecule has 15 heavy (non-hydrogen) atoms. The molecule has 2 rings (SSSR count). The molecular formula is C9H13ClN2O2S. The lowest BCUT2D eigenvalue weighted by molar-refractivity contribution is 0.597. The Morgan fingerprint density at radius 3 is 2.73 bits per heavy atom. The van der Waals surface area contributed by atoms with Crippen LogP contribution in [0.4, 0.5) is 0 Å². The van der Waals surface area contributed by atoms with Crippen LogP contribution in [0.3, 0.4) is 0 Å². The highest BCUT2D eigenvalue weighted by molar-refractivity contribution is 8.13. The minimum Gasteiger partial charge on any atom is -0.333 e. The van der Waals surface area contributed by atoms with Crippen molar-refractivity contribution in [3.05, 3.63) is 12.0 Å². The molecule has 1 aromatic rings. The highest BCUT2D eigenvalue weighted by Crippen LogP contribution is 2.31. The topological polar surface area (TPSA) is 52.0 Å². The van der Waals surface area contributed by atoms with E-state index < -0.39 is 9.05 Å². The summed E-state index contributed by atoms with van der Waals surface area (Å²) < 4.78 is 24.1. The van der Waals surface area contributed by atoms with Crippen LogP contribution in [-0.4, -0.2) is 18.0 Å². The van der Waals surface area contributed by atoms with Crippen molar-refractivity contribution >= 4 is 19.7 Å². The summed E-state index contributed by atoms with van der Waals surface area (Å²) in [6.07, 6.45) is 4.72. The van der Waals surface area contributed by atoms with Crippen LogP contribution in [0.2, 0.25) is 0 Å². The maximum atomic E-state index is 11.1. The third kappa shape index (κ3) is 2.52. The summed E-state index contributed by atoms with van der Waals surface area (Å²) in [5, 5.41) is -0.0262. The lowest BCUT2D eigenvalue weighted by Gasteiger charge is -2.03. The van der Waals surface area contributed by atoms with Crippen LogP contribution in [-0.2, 0) is 22.0 Å². The third-order valence-electron chi connectivity index (χ3n) is 2.55. The van der Waals surface area contributed by atoms with E-state index in [1.165, 1.54) is 12.8 Å². The van der Waals surface area contributed by atoms with Crippen molar-refractivity contribution < 1.29 is 8.42 Å². The van der Waals surface area contributed by atoms with E-state index in [0.29, 0.717) is 5.92 Å². The first kappa shape index (κ1) is 11.0. The van der Waals surface area contributed by atoms with E-state index in [1.54, 1.807) is 6.20 Å². The van der Waals surface area contributed by atoms with Crippen molar-refractivity contribution in [1.29, 1.82) is 0 Å². The second-order valence-corrected chi connectivity index (χ2v) is 6.40. The normalized spacial score (nSPS) is 16.9. The number of hydrogen-bond donors (Lipinski definition) is 0. The Labute approximate surface area is 93.7 Å². The van der Waals surface area contributed by atoms with Gasteiger partial charge in [0.1, 0.15) is 5.82 Å². The SMILES string of the molecule is CCc1nc(S(=O)(=O)Cl)cn1CC1CC1. The fourth-order valence-electron chi connectivity index (χ4n) is 1.56. The molecule has 0 aliphatic heterocycles. The molecule has 0 aromatic carbocycles. The number of rotatable bonds is 4. The van der Waals surface area contributed by atoms with E-state index in [0.717, 1.165) is 18.8 Å². The third-order valence-corrected chi connectivity index (χ3v) is 3.73. The molecule has 0 spiro atoms. The summed E-state index contributed by atoms with van der Waals surface area (Å²) in [6, 6.07) is 0. The Kier molecular flexibility index (Phi) is 2.77. The van der Waals surface area contributed by atoms with Gasteiger partial charge in [-0.1, -0.05) is 6.92 Å². The summed E-state index contributed by atoms with van der Waals surface area (Å²) >= 11 is 0. The molecule has 0 amide bonds. The summed E-state index contributed by atoms with van der Waals surface area (Å²) in [5.74, 6) is 1.48. The van der Waals surface area contributed by atoms with Gasteiger partial charge in [-0.2, -0.15) is 0 Å². The predicted octanol–water partition coefficient (Wildman–Crippen LogP) is 1.78. The van der Waals surface area contributed by atoms with Gasteiger partial charge in [0.2, 0.25) is 0 Å². The van der Waals surface area contributed by atoms with Crippen LogP contribution in [0.15, 0.2) is 11.2 Å². The van der Waals surface area contributed by atoms with Crippen molar-refractivity contribution in [2.75, 3.05) is 0 Å². The van der Waals surface area contributed by atoms with E-state index >= 15 is 0 Å². The largest absolute Gasteiger partial charge is 0.333 e. The van der Waals surface area contributed by atoms with Crippen molar-refractivity contribution in [3.63, 3.8) is 0 Å². The van der Waals surface area contributed by atoms with Crippen molar-refractivity contribution in [2.24, 2.45) is 5.92 Å². The minimum atomic E-state index is -3.69. The monoisotopic (exact) mass is 248 g/mol. The average molecular weight is 249 g/mol. The first-order valence-electron chi connectivity index (χ1n) is 5.01. The summed E-state index contributed by atoms with van der Waals surface area (Å²) in [4.78, 5) is 4.02. The molecule has 1 aliphatic carbocycles. The summed E-state index contributed by atoms with van der Waals surface area (Å²) in [7, 11) is 1.56. The van der Waals surface area contributed by atoms with Gasteiger partial charge in [0.15, 0.2) is 5.03 Å². The first-order chi connectivity index (χ1) is 7.00. The van der Waals surface area contributed by atoms with Crippen LogP contribution in [0.5, 0.6) is 0 Å². The molecule has 0 N–H and O–H groups in total. The van der Waals surface area contributed by atoms with Gasteiger partial charge in [-0.3, -0.25) is 0 Å². The fraction of sp³-hybridized carbons (Fsp3) is 0.667. The van der Waals surface area contributed by atoms with Gasteiger partial charge in [0.25, 0.3) is 9.05 Å². The molecule has 0 unspecified atom stereocenters. The average Bonchev–Trinajstić information content (AvgIpc) is 2.82. The number of aryl methyl sites for hydroxylation is 1. The Morgan fingerprint density at radius 2 is 2.27 bits per heavy atom. The first-order valence-corrected chi connectivity index (χ1v) is 7.32. The highest BCUT2D eigenvalue weighted by atomic mass is 35.7. The minimum absolute atomic E-state index is 0.0262. The molecule has 1 heterocycles. The van der Waals surface area contributed by atoms with Crippen LogP contribution < -0.4 is 0 Å². The molecule has 1 fully saturated rings. The predicted molar refractivity (Wildman–Crippen MR) is 57.4 cm³/mol. The number of aromatic nitrogens is 2. The number of hydrogen-bond acceptors (Lipinski definition) is 3. The van der Waals surface area contributed by atoms with Gasteiger partial charge in [-0.25, -0.2) is 13.4 Å². The van der Waals surface area contributed by atoms with Crippen molar-refractivity contribution in [2.45, 2.75) is 37.8 Å². The Balaban J connectivity index is 2.31. The zero-order chi connectivity index (χ0) is 11.1. The Bertz CT molecular complexity index is 462. The smallest absolute Gasteiger partial charge is 0.280 e. The zero-order valence-corrected chi connectivity index (χ0v) is 10.1. The summed E-state index contributed by atoms with van der Waals surface area (Å²) in [5.41, 5.74) is 0. The molecule has 0 bridgehead atoms. The standard InChI is InChI=1S/C9H13ClN2O2S/c1-2-8-11-9(15(10,13)14)6-12(8)5-7-3-4-7/h6-7H,2-5H2,1H3. The van der Waals surface area contributed by atoms with Crippen molar-refractivity contribution in [1.82, 2.24) is 9.55 Å². The van der Waals surface area contributed by atoms with Gasteiger partial charge >= 0.3 is 0 Å². The molecule has 0 radical (unpaired) electrons. The maximum absolute atomic E-state index is 11.1. The van der Waals surface area contributed by atoms with Gasteiger partial charge in [-0.15, -0.1) is 0 Å². The van der Waals surface area contributed by atoms with E-state index in [9.17, 15) is 8.42 Å². The quantitative estimate of drug-likeness (QED) is 0.764. The van der Waals surface area contributed by atoms with Crippen LogP contribution in [0.1, 0.15) is 25.6 Å². The van der Waals surface area contributed by atoms with Crippen molar-refractivity contribution in [3.8, 4) is 0 Å². The summed E-state index contributed by atoms with van der Waals surface area (Å²) in [6.45, 7) is 2.82. The van der Waals surface area contributed by atoms with Gasteiger partial charge in [0, 0.05) is 29.8 Å². The molecule has 0 saturated heterocycles. The molecule has 0 atom stereocenters. The molecule has 84 valence electrons. The molecule has 1 aromatic heterocycles. The number of nitrogens with zero attached hydrogens (tertiary/aromatic N) is 2. The number of imidazole rings is 1. The molecule has 1 aliphatic rings. The molecule has 4 nitrogen and oxygen atoms in total. The fourth-order valence-corrected chi connectivity index (χ4v) is 2.26. The second-order valence-electron chi connectivity index (χ2n) is 3.88. The van der Waals surface area contributed by atoms with Crippen LogP contribution in [0.25, 0.3) is 0 Å². The Hall–Kier alpha value is -0.550. The van der Waals surface area contributed by atoms with E-state index in [4.69, 9.17) is 10.7 Å². The second kappa shape index (κ2) is 3.79. The zero-order valence-electron chi connectivity index (χ0n) is 8.48. The van der Waals surface area contributed by atoms with E-state index in [2.05, 4.69) is 4.98 Å². The molecule has 6 heteroatoms. The van der Waals surface area contributed by atoms with Gasteiger partial charge in [-0.05, 0) is 18.8 Å². The Morgan fingerprint density at radius 1 is 1.60 bits per heavy atom. The van der Waals surface area contributed by atoms with Crippen LogP contribution in [0, 0.1) is 5.92 Å². The number of halogens is 1. The van der Waals surface area contributed by atoms with Crippen LogP contribution >= 0.6 is 10.7 Å². The van der Waals surface area contributed by atoms with Gasteiger partial charge in [0.05, 0.1) is 0 Å².